The Kier molecular flexibility index (Phi) is 7.96. The number of fused-ring (bicyclic) bond motifs is 1. The first-order chi connectivity index (χ1) is 14.9. The Hall–Kier alpha value is -3.43. The number of amides is 5. The van der Waals surface area contributed by atoms with Gasteiger partial charge in [0.25, 0.3) is 17.7 Å². The molecule has 5 amide bonds. The molecule has 0 unspecified atom stereocenters. The second kappa shape index (κ2) is 10.3. The summed E-state index contributed by atoms with van der Waals surface area (Å²) in [6.45, 7) is 9.31. The summed E-state index contributed by atoms with van der Waals surface area (Å²) in [5, 5.41) is 7.53. The number of nitrogens with one attached hydrogen (secondary N) is 3. The highest BCUT2D eigenvalue weighted by Gasteiger charge is 2.36. The van der Waals surface area contributed by atoms with Crippen LogP contribution in [0.1, 0.15) is 65.7 Å². The van der Waals surface area contributed by atoms with Gasteiger partial charge in [-0.1, -0.05) is 13.8 Å². The Labute approximate surface area is 187 Å². The molecule has 1 aliphatic heterocycles. The number of ether oxygens (including phenoxy) is 1. The highest BCUT2D eigenvalue weighted by molar-refractivity contribution is 6.22. The normalized spacial score (nSPS) is 13.1. The maximum absolute atomic E-state index is 12.5. The number of carbonyl (C=O) groups excluding carboxylic acids is 5. The van der Waals surface area contributed by atoms with Gasteiger partial charge in [-0.15, -0.1) is 0 Å². The zero-order valence-corrected chi connectivity index (χ0v) is 19.0. The van der Waals surface area contributed by atoms with Crippen molar-refractivity contribution in [3.63, 3.8) is 0 Å². The lowest BCUT2D eigenvalue weighted by Gasteiger charge is -2.19. The third-order valence-electron chi connectivity index (χ3n) is 4.31. The van der Waals surface area contributed by atoms with Gasteiger partial charge >= 0.3 is 6.09 Å². The van der Waals surface area contributed by atoms with Crippen molar-refractivity contribution in [1.29, 1.82) is 0 Å². The monoisotopic (exact) mass is 446 g/mol. The summed E-state index contributed by atoms with van der Waals surface area (Å²) in [4.78, 5) is 61.8. The smallest absolute Gasteiger partial charge is 0.408 e. The van der Waals surface area contributed by atoms with Gasteiger partial charge in [-0.25, -0.2) is 4.79 Å². The maximum atomic E-state index is 12.5. The predicted molar refractivity (Wildman–Crippen MR) is 116 cm³/mol. The van der Waals surface area contributed by atoms with Gasteiger partial charge in [0.15, 0.2) is 0 Å². The number of nitrogens with zero attached hydrogens (tertiary/aromatic N) is 1. The molecule has 0 radical (unpaired) electrons. The van der Waals surface area contributed by atoms with Gasteiger partial charge in [-0.05, 0) is 44.9 Å². The summed E-state index contributed by atoms with van der Waals surface area (Å²) in [5.74, 6) is -1.49. The molecule has 0 saturated heterocycles. The fraction of sp³-hybridized carbons (Fsp3) is 0.500. The number of benzene rings is 1. The minimum absolute atomic E-state index is 0.134. The van der Waals surface area contributed by atoms with E-state index in [-0.39, 0.29) is 48.1 Å². The second-order valence-corrected chi connectivity index (χ2v) is 8.84. The van der Waals surface area contributed by atoms with Crippen LogP contribution in [-0.2, 0) is 9.53 Å². The zero-order chi connectivity index (χ0) is 24.1. The van der Waals surface area contributed by atoms with E-state index in [0.717, 1.165) is 0 Å². The van der Waals surface area contributed by atoms with Crippen LogP contribution in [0, 0.1) is 5.92 Å². The van der Waals surface area contributed by atoms with E-state index in [1.165, 1.54) is 23.1 Å². The van der Waals surface area contributed by atoms with E-state index < -0.39 is 29.4 Å². The van der Waals surface area contributed by atoms with Gasteiger partial charge in [0.2, 0.25) is 5.91 Å². The molecule has 1 aromatic carbocycles. The van der Waals surface area contributed by atoms with Gasteiger partial charge in [-0.3, -0.25) is 24.1 Å². The summed E-state index contributed by atoms with van der Waals surface area (Å²) < 4.78 is 5.03. The molecule has 2 rings (SSSR count). The highest BCUT2D eigenvalue weighted by atomic mass is 16.6. The van der Waals surface area contributed by atoms with Gasteiger partial charge in [0.1, 0.15) is 5.60 Å². The highest BCUT2D eigenvalue weighted by Crippen LogP contribution is 2.24. The van der Waals surface area contributed by atoms with E-state index in [4.69, 9.17) is 4.74 Å². The lowest BCUT2D eigenvalue weighted by Crippen LogP contribution is -2.42. The van der Waals surface area contributed by atoms with E-state index in [0.29, 0.717) is 6.54 Å². The van der Waals surface area contributed by atoms with Crippen molar-refractivity contribution >= 4 is 29.7 Å². The molecule has 1 heterocycles. The molecule has 0 spiro atoms. The molecule has 174 valence electrons. The van der Waals surface area contributed by atoms with Crippen molar-refractivity contribution in [1.82, 2.24) is 20.9 Å². The molecule has 1 aliphatic rings. The number of rotatable bonds is 8. The molecule has 0 saturated carbocycles. The Morgan fingerprint density at radius 1 is 0.969 bits per heavy atom. The van der Waals surface area contributed by atoms with Crippen LogP contribution in [0.15, 0.2) is 18.2 Å². The SMILES string of the molecule is CC(C)CN1C(=O)c2ccc(C(=O)NCCNC(=O)CNC(=O)OC(C)(C)C)cc2C1=O. The molecule has 10 nitrogen and oxygen atoms in total. The minimum atomic E-state index is -0.697. The van der Waals surface area contributed by atoms with Gasteiger partial charge in [0.05, 0.1) is 17.7 Å². The van der Waals surface area contributed by atoms with Crippen LogP contribution in [0.3, 0.4) is 0 Å². The third kappa shape index (κ3) is 6.79. The number of imide groups is 1. The largest absolute Gasteiger partial charge is 0.444 e. The van der Waals surface area contributed by atoms with E-state index in [1.807, 2.05) is 13.8 Å². The first-order valence-corrected chi connectivity index (χ1v) is 10.4. The maximum Gasteiger partial charge on any atom is 0.408 e. The first-order valence-electron chi connectivity index (χ1n) is 10.4. The molecule has 0 aliphatic carbocycles. The number of hydrogen-bond donors (Lipinski definition) is 3. The van der Waals surface area contributed by atoms with Crippen molar-refractivity contribution in [3.05, 3.63) is 34.9 Å². The van der Waals surface area contributed by atoms with Crippen molar-refractivity contribution in [2.24, 2.45) is 5.92 Å². The van der Waals surface area contributed by atoms with Crippen molar-refractivity contribution in [3.8, 4) is 0 Å². The number of hydrogen-bond acceptors (Lipinski definition) is 6. The summed E-state index contributed by atoms with van der Waals surface area (Å²) >= 11 is 0. The molecule has 0 bridgehead atoms. The van der Waals surface area contributed by atoms with Crippen molar-refractivity contribution in [2.45, 2.75) is 40.2 Å². The molecule has 32 heavy (non-hydrogen) atoms. The molecule has 3 N–H and O–H groups in total. The molecule has 10 heteroatoms. The van der Waals surface area contributed by atoms with E-state index >= 15 is 0 Å². The fourth-order valence-corrected chi connectivity index (χ4v) is 2.97. The Morgan fingerprint density at radius 3 is 2.22 bits per heavy atom. The molecular weight excluding hydrogens is 416 g/mol. The van der Waals surface area contributed by atoms with E-state index in [9.17, 15) is 24.0 Å². The summed E-state index contributed by atoms with van der Waals surface area (Å²) in [5.41, 5.74) is 0.0866. The van der Waals surface area contributed by atoms with Crippen LogP contribution in [0.5, 0.6) is 0 Å². The zero-order valence-electron chi connectivity index (χ0n) is 19.0. The summed E-state index contributed by atoms with van der Waals surface area (Å²) in [7, 11) is 0. The topological polar surface area (TPSA) is 134 Å². The molecule has 1 aromatic rings. The summed E-state index contributed by atoms with van der Waals surface area (Å²) in [6.07, 6.45) is -0.697. The Bertz CT molecular complexity index is 919. The van der Waals surface area contributed by atoms with Crippen LogP contribution in [0.4, 0.5) is 4.79 Å². The van der Waals surface area contributed by atoms with Crippen LogP contribution in [-0.4, -0.2) is 66.4 Å². The van der Waals surface area contributed by atoms with Crippen molar-refractivity contribution in [2.75, 3.05) is 26.2 Å². The lowest BCUT2D eigenvalue weighted by molar-refractivity contribution is -0.120. The quantitative estimate of drug-likeness (QED) is 0.407. The lowest BCUT2D eigenvalue weighted by atomic mass is 10.1. The average molecular weight is 447 g/mol. The first kappa shape index (κ1) is 24.8. The predicted octanol–water partition coefficient (Wildman–Crippen LogP) is 1.31. The van der Waals surface area contributed by atoms with E-state index in [2.05, 4.69) is 16.0 Å². The fourth-order valence-electron chi connectivity index (χ4n) is 2.97. The second-order valence-electron chi connectivity index (χ2n) is 8.84. The van der Waals surface area contributed by atoms with Crippen LogP contribution in [0.2, 0.25) is 0 Å². The molecular formula is C22H30N4O6. The Morgan fingerprint density at radius 2 is 1.59 bits per heavy atom. The molecule has 0 aromatic heterocycles. The number of alkyl carbamates (subject to hydrolysis) is 1. The van der Waals surface area contributed by atoms with Crippen LogP contribution < -0.4 is 16.0 Å². The molecule has 0 fully saturated rings. The summed E-state index contributed by atoms with van der Waals surface area (Å²) in [6, 6.07) is 4.38. The minimum Gasteiger partial charge on any atom is -0.444 e. The standard InChI is InChI=1S/C22H30N4O6/c1-13(2)12-26-19(29)15-7-6-14(10-16(15)20(26)30)18(28)24-9-8-23-17(27)11-25-21(31)32-22(3,4)5/h6-7,10,13H,8-9,11-12H2,1-5H3,(H,23,27)(H,24,28)(H,25,31). The number of carbonyl (C=O) groups is 5. The van der Waals surface area contributed by atoms with Gasteiger partial charge in [0, 0.05) is 25.2 Å². The van der Waals surface area contributed by atoms with Crippen molar-refractivity contribution < 1.29 is 28.7 Å². The average Bonchev–Trinajstić information content (AvgIpc) is 2.92. The third-order valence-corrected chi connectivity index (χ3v) is 4.31. The van der Waals surface area contributed by atoms with Crippen LogP contribution >= 0.6 is 0 Å². The van der Waals surface area contributed by atoms with Gasteiger partial charge < -0.3 is 20.7 Å². The van der Waals surface area contributed by atoms with Crippen LogP contribution in [0.25, 0.3) is 0 Å². The van der Waals surface area contributed by atoms with E-state index in [1.54, 1.807) is 20.8 Å². The van der Waals surface area contributed by atoms with Gasteiger partial charge in [-0.2, -0.15) is 0 Å². The Balaban J connectivity index is 1.80. The molecule has 0 atom stereocenters.